The lowest BCUT2D eigenvalue weighted by molar-refractivity contribution is -0.129. The molecule has 0 unspecified atom stereocenters. The number of anilines is 1. The summed E-state index contributed by atoms with van der Waals surface area (Å²) in [6, 6.07) is 1.79. The van der Waals surface area contributed by atoms with Crippen molar-refractivity contribution < 1.29 is 4.79 Å². The van der Waals surface area contributed by atoms with Gasteiger partial charge in [0.2, 0.25) is 5.91 Å². The molecule has 6 nitrogen and oxygen atoms in total. The molecule has 0 saturated carbocycles. The largest absolute Gasteiger partial charge is 0.383 e. The number of carbonyl (C=O) groups excluding carboxylic acids is 1. The summed E-state index contributed by atoms with van der Waals surface area (Å²) in [6.07, 6.45) is 3.23. The van der Waals surface area contributed by atoms with Gasteiger partial charge in [-0.05, 0) is 6.07 Å². The first-order chi connectivity index (χ1) is 7.59. The molecule has 2 aromatic heterocycles. The summed E-state index contributed by atoms with van der Waals surface area (Å²) >= 11 is 0. The number of nitrogens with two attached hydrogens (primary N) is 1. The topological polar surface area (TPSA) is 77.0 Å². The standard InChI is InChI=1S/C10H13N5O/c1-14(2)9(16)6-15-8-3-4-12-10(11)7(8)5-13-15/h3-5H,6H2,1-2H3,(H2,11,12). The third kappa shape index (κ3) is 1.69. The number of nitrogens with zero attached hydrogens (tertiary/aromatic N) is 4. The van der Waals surface area contributed by atoms with Crippen LogP contribution in [0, 0.1) is 0 Å². The molecule has 2 aromatic rings. The maximum absolute atomic E-state index is 11.6. The average molecular weight is 219 g/mol. The van der Waals surface area contributed by atoms with Crippen molar-refractivity contribution in [2.24, 2.45) is 0 Å². The average Bonchev–Trinajstić information content (AvgIpc) is 2.63. The van der Waals surface area contributed by atoms with E-state index in [2.05, 4.69) is 10.1 Å². The molecule has 1 amide bonds. The minimum Gasteiger partial charge on any atom is -0.383 e. The van der Waals surface area contributed by atoms with Gasteiger partial charge in [0, 0.05) is 20.3 Å². The van der Waals surface area contributed by atoms with Gasteiger partial charge in [0.25, 0.3) is 0 Å². The predicted octanol–water partition coefficient (Wildman–Crippen LogP) is 0.102. The number of carbonyl (C=O) groups is 1. The molecule has 0 aromatic carbocycles. The van der Waals surface area contributed by atoms with E-state index in [1.54, 1.807) is 37.2 Å². The third-order valence-electron chi connectivity index (χ3n) is 2.39. The van der Waals surface area contributed by atoms with Crippen LogP contribution in [0.4, 0.5) is 5.82 Å². The van der Waals surface area contributed by atoms with E-state index in [9.17, 15) is 4.79 Å². The van der Waals surface area contributed by atoms with E-state index < -0.39 is 0 Å². The van der Waals surface area contributed by atoms with Crippen molar-refractivity contribution in [3.8, 4) is 0 Å². The normalized spacial score (nSPS) is 10.6. The van der Waals surface area contributed by atoms with E-state index in [4.69, 9.17) is 5.73 Å². The van der Waals surface area contributed by atoms with E-state index in [0.29, 0.717) is 5.82 Å². The molecule has 0 spiro atoms. The molecule has 0 fully saturated rings. The van der Waals surface area contributed by atoms with Gasteiger partial charge in [-0.25, -0.2) is 4.98 Å². The van der Waals surface area contributed by atoms with Gasteiger partial charge in [-0.2, -0.15) is 5.10 Å². The van der Waals surface area contributed by atoms with Gasteiger partial charge in [-0.15, -0.1) is 0 Å². The number of hydrogen-bond acceptors (Lipinski definition) is 4. The van der Waals surface area contributed by atoms with Crippen LogP contribution in [-0.2, 0) is 11.3 Å². The first kappa shape index (κ1) is 10.4. The van der Waals surface area contributed by atoms with Crippen molar-refractivity contribution in [3.05, 3.63) is 18.5 Å². The molecular formula is C10H13N5O. The molecule has 0 atom stereocenters. The number of pyridine rings is 1. The highest BCUT2D eigenvalue weighted by Crippen LogP contribution is 2.17. The molecule has 0 bridgehead atoms. The van der Waals surface area contributed by atoms with Gasteiger partial charge >= 0.3 is 0 Å². The summed E-state index contributed by atoms with van der Waals surface area (Å²) in [4.78, 5) is 17.0. The van der Waals surface area contributed by atoms with Crippen molar-refractivity contribution in [2.45, 2.75) is 6.54 Å². The molecule has 84 valence electrons. The summed E-state index contributed by atoms with van der Waals surface area (Å²) in [6.45, 7) is 0.208. The van der Waals surface area contributed by atoms with Crippen LogP contribution < -0.4 is 5.73 Å². The highest BCUT2D eigenvalue weighted by atomic mass is 16.2. The van der Waals surface area contributed by atoms with Gasteiger partial charge in [0.1, 0.15) is 12.4 Å². The van der Waals surface area contributed by atoms with E-state index >= 15 is 0 Å². The zero-order valence-electron chi connectivity index (χ0n) is 9.21. The van der Waals surface area contributed by atoms with Crippen molar-refractivity contribution in [1.29, 1.82) is 0 Å². The Morgan fingerprint density at radius 2 is 2.31 bits per heavy atom. The summed E-state index contributed by atoms with van der Waals surface area (Å²) in [5, 5.41) is 4.90. The second kappa shape index (κ2) is 3.80. The van der Waals surface area contributed by atoms with Gasteiger partial charge in [-0.3, -0.25) is 9.48 Å². The summed E-state index contributed by atoms with van der Waals surface area (Å²) in [7, 11) is 3.42. The van der Waals surface area contributed by atoms with Crippen molar-refractivity contribution in [1.82, 2.24) is 19.7 Å². The Hall–Kier alpha value is -2.11. The van der Waals surface area contributed by atoms with E-state index in [0.717, 1.165) is 10.9 Å². The molecule has 0 aliphatic carbocycles. The predicted molar refractivity (Wildman–Crippen MR) is 60.6 cm³/mol. The fourth-order valence-corrected chi connectivity index (χ4v) is 1.42. The third-order valence-corrected chi connectivity index (χ3v) is 2.39. The van der Waals surface area contributed by atoms with Crippen LogP contribution in [0.15, 0.2) is 18.5 Å². The van der Waals surface area contributed by atoms with Crippen LogP contribution in [0.2, 0.25) is 0 Å². The van der Waals surface area contributed by atoms with Crippen LogP contribution in [0.3, 0.4) is 0 Å². The molecule has 0 saturated heterocycles. The number of likely N-dealkylation sites (N-methyl/N-ethyl adjacent to an activating group) is 1. The Kier molecular flexibility index (Phi) is 2.47. The fraction of sp³-hybridized carbons (Fsp3) is 0.300. The quantitative estimate of drug-likeness (QED) is 0.777. The SMILES string of the molecule is CN(C)C(=O)Cn1ncc2c(N)nccc21. The van der Waals surface area contributed by atoms with Gasteiger partial charge < -0.3 is 10.6 Å². The Balaban J connectivity index is 2.39. The van der Waals surface area contributed by atoms with Crippen LogP contribution in [0.5, 0.6) is 0 Å². The molecule has 0 radical (unpaired) electrons. The van der Waals surface area contributed by atoms with E-state index in [-0.39, 0.29) is 12.5 Å². The highest BCUT2D eigenvalue weighted by molar-refractivity contribution is 5.88. The van der Waals surface area contributed by atoms with Crippen LogP contribution in [0.25, 0.3) is 10.9 Å². The zero-order chi connectivity index (χ0) is 11.7. The van der Waals surface area contributed by atoms with Crippen molar-refractivity contribution >= 4 is 22.6 Å². The van der Waals surface area contributed by atoms with Gasteiger partial charge in [0.05, 0.1) is 17.1 Å². The summed E-state index contributed by atoms with van der Waals surface area (Å²) in [5.74, 6) is 0.418. The van der Waals surface area contributed by atoms with Gasteiger partial charge in [0.15, 0.2) is 0 Å². The second-order valence-corrected chi connectivity index (χ2v) is 3.72. The molecule has 2 rings (SSSR count). The zero-order valence-corrected chi connectivity index (χ0v) is 9.21. The Morgan fingerprint density at radius 1 is 1.56 bits per heavy atom. The minimum atomic E-state index is -0.0135. The van der Waals surface area contributed by atoms with Crippen LogP contribution >= 0.6 is 0 Å². The van der Waals surface area contributed by atoms with E-state index in [1.807, 2.05) is 0 Å². The molecule has 0 aliphatic heterocycles. The number of fused-ring (bicyclic) bond motifs is 1. The number of hydrogen-bond donors (Lipinski definition) is 1. The first-order valence-electron chi connectivity index (χ1n) is 4.85. The lowest BCUT2D eigenvalue weighted by Gasteiger charge is -2.10. The molecule has 0 aliphatic rings. The lowest BCUT2D eigenvalue weighted by Crippen LogP contribution is -2.26. The number of aromatic nitrogens is 3. The first-order valence-corrected chi connectivity index (χ1v) is 4.85. The molecule has 2 heterocycles. The number of nitrogen functional groups attached to an aromatic ring is 1. The monoisotopic (exact) mass is 219 g/mol. The Morgan fingerprint density at radius 3 is 3.00 bits per heavy atom. The fourth-order valence-electron chi connectivity index (χ4n) is 1.42. The second-order valence-electron chi connectivity index (χ2n) is 3.72. The summed E-state index contributed by atoms with van der Waals surface area (Å²) in [5.41, 5.74) is 6.52. The smallest absolute Gasteiger partial charge is 0.243 e. The van der Waals surface area contributed by atoms with E-state index in [1.165, 1.54) is 4.90 Å². The number of rotatable bonds is 2. The maximum atomic E-state index is 11.6. The maximum Gasteiger partial charge on any atom is 0.243 e. The van der Waals surface area contributed by atoms with Crippen LogP contribution in [0.1, 0.15) is 0 Å². The summed E-state index contributed by atoms with van der Waals surface area (Å²) < 4.78 is 1.62. The Labute approximate surface area is 92.7 Å². The lowest BCUT2D eigenvalue weighted by atomic mass is 10.3. The molecule has 2 N–H and O–H groups in total. The molecule has 6 heteroatoms. The van der Waals surface area contributed by atoms with Crippen LogP contribution in [-0.4, -0.2) is 39.7 Å². The number of amides is 1. The molecular weight excluding hydrogens is 206 g/mol. The minimum absolute atomic E-state index is 0.0135. The van der Waals surface area contributed by atoms with Crippen molar-refractivity contribution in [3.63, 3.8) is 0 Å². The molecule has 16 heavy (non-hydrogen) atoms. The van der Waals surface area contributed by atoms with Crippen molar-refractivity contribution in [2.75, 3.05) is 19.8 Å². The van der Waals surface area contributed by atoms with Gasteiger partial charge in [-0.1, -0.05) is 0 Å². The Bertz CT molecular complexity index is 531. The highest BCUT2D eigenvalue weighted by Gasteiger charge is 2.10.